The number of nitrogens with one attached hydrogen (secondary N) is 1. The van der Waals surface area contributed by atoms with Crippen LogP contribution in [0.5, 0.6) is 0 Å². The number of nitrogens with zero attached hydrogens (tertiary/aromatic N) is 2. The lowest BCUT2D eigenvalue weighted by Gasteiger charge is -2.23. The van der Waals surface area contributed by atoms with E-state index in [1.165, 1.54) is 0 Å². The predicted molar refractivity (Wildman–Crippen MR) is 68.9 cm³/mol. The highest BCUT2D eigenvalue weighted by atomic mass is 19.2. The Kier molecular flexibility index (Phi) is 5.82. The molecule has 0 spiro atoms. The maximum atomic E-state index is 13.4. The molecule has 1 atom stereocenters. The van der Waals surface area contributed by atoms with Crippen LogP contribution in [0.2, 0.25) is 0 Å². The number of amides is 1. The molecule has 0 aromatic carbocycles. The number of carbonyl (C=O) groups is 1. The lowest BCUT2D eigenvalue weighted by Crippen LogP contribution is -2.42. The van der Waals surface area contributed by atoms with Crippen LogP contribution in [0.3, 0.4) is 0 Å². The van der Waals surface area contributed by atoms with E-state index >= 15 is 0 Å². The Balaban J connectivity index is 2.66. The molecule has 1 N–H and O–H groups in total. The second-order valence-corrected chi connectivity index (χ2v) is 4.32. The summed E-state index contributed by atoms with van der Waals surface area (Å²) >= 11 is 0. The molecule has 106 valence electrons. The van der Waals surface area contributed by atoms with Gasteiger partial charge in [0.1, 0.15) is 0 Å². The molecule has 0 aliphatic rings. The Morgan fingerprint density at radius 3 is 2.63 bits per heavy atom. The van der Waals surface area contributed by atoms with Gasteiger partial charge in [-0.15, -0.1) is 0 Å². The van der Waals surface area contributed by atoms with Crippen molar-refractivity contribution in [1.29, 1.82) is 0 Å². The molecule has 0 fully saturated rings. The number of carbonyl (C=O) groups excluding carboxylic acids is 1. The van der Waals surface area contributed by atoms with Crippen molar-refractivity contribution in [3.05, 3.63) is 29.6 Å². The first-order valence-electron chi connectivity index (χ1n) is 6.32. The molecule has 6 heteroatoms. The third-order valence-electron chi connectivity index (χ3n) is 2.90. The molecule has 0 saturated carbocycles. The average Bonchev–Trinajstić information content (AvgIpc) is 2.38. The fourth-order valence-corrected chi connectivity index (χ4v) is 1.81. The molecule has 1 unspecified atom stereocenters. The van der Waals surface area contributed by atoms with E-state index in [0.717, 1.165) is 25.4 Å². The van der Waals surface area contributed by atoms with E-state index in [1.54, 1.807) is 0 Å². The summed E-state index contributed by atoms with van der Waals surface area (Å²) in [5.74, 6) is -3.10. The molecule has 1 aromatic heterocycles. The average molecular weight is 271 g/mol. The molecular formula is C13H19F2N3O. The number of rotatable bonds is 6. The number of halogens is 2. The molecule has 0 radical (unpaired) electrons. The highest BCUT2D eigenvalue weighted by Crippen LogP contribution is 2.09. The molecule has 1 aromatic rings. The molecule has 19 heavy (non-hydrogen) atoms. The van der Waals surface area contributed by atoms with E-state index in [2.05, 4.69) is 15.2 Å². The van der Waals surface area contributed by atoms with Crippen LogP contribution < -0.4 is 5.32 Å². The third kappa shape index (κ3) is 4.24. The molecule has 0 aliphatic heterocycles. The van der Waals surface area contributed by atoms with Crippen molar-refractivity contribution >= 4 is 5.91 Å². The summed E-state index contributed by atoms with van der Waals surface area (Å²) < 4.78 is 26.3. The van der Waals surface area contributed by atoms with Crippen LogP contribution in [-0.2, 0) is 0 Å². The van der Waals surface area contributed by atoms with Crippen molar-refractivity contribution in [3.63, 3.8) is 0 Å². The Labute approximate surface area is 111 Å². The summed E-state index contributed by atoms with van der Waals surface area (Å²) in [5, 5.41) is 2.65. The summed E-state index contributed by atoms with van der Waals surface area (Å²) in [4.78, 5) is 17.1. The lowest BCUT2D eigenvalue weighted by atomic mass is 10.2. The highest BCUT2D eigenvalue weighted by molar-refractivity contribution is 5.94. The third-order valence-corrected chi connectivity index (χ3v) is 2.90. The monoisotopic (exact) mass is 271 g/mol. The molecular weight excluding hydrogens is 252 g/mol. The van der Waals surface area contributed by atoms with E-state index in [1.807, 2.05) is 20.8 Å². The van der Waals surface area contributed by atoms with E-state index in [4.69, 9.17) is 0 Å². The molecule has 0 aliphatic carbocycles. The summed E-state index contributed by atoms with van der Waals surface area (Å²) in [6, 6.07) is 1.01. The zero-order chi connectivity index (χ0) is 14.4. The standard InChI is InChI=1S/C13H19F2N3O/c1-4-18(5-2)8-9(3)17-13(19)10-6-7-16-12(15)11(10)14/h6-7,9H,4-5,8H2,1-3H3,(H,17,19). The summed E-state index contributed by atoms with van der Waals surface area (Å²) in [6.07, 6.45) is 1.07. The maximum absolute atomic E-state index is 13.4. The maximum Gasteiger partial charge on any atom is 0.254 e. The lowest BCUT2D eigenvalue weighted by molar-refractivity contribution is 0.0924. The van der Waals surface area contributed by atoms with E-state index in [-0.39, 0.29) is 11.6 Å². The number of aromatic nitrogens is 1. The zero-order valence-electron chi connectivity index (χ0n) is 11.4. The second-order valence-electron chi connectivity index (χ2n) is 4.32. The Morgan fingerprint density at radius 1 is 1.42 bits per heavy atom. The summed E-state index contributed by atoms with van der Waals surface area (Å²) in [5.41, 5.74) is -0.320. The van der Waals surface area contributed by atoms with Crippen molar-refractivity contribution in [2.24, 2.45) is 0 Å². The second kappa shape index (κ2) is 7.13. The van der Waals surface area contributed by atoms with Gasteiger partial charge in [0.15, 0.2) is 5.82 Å². The van der Waals surface area contributed by atoms with Crippen LogP contribution in [0.4, 0.5) is 8.78 Å². The zero-order valence-corrected chi connectivity index (χ0v) is 11.4. The molecule has 0 bridgehead atoms. The fraction of sp³-hybridized carbons (Fsp3) is 0.538. The van der Waals surface area contributed by atoms with Crippen molar-refractivity contribution in [1.82, 2.24) is 15.2 Å². The quantitative estimate of drug-likeness (QED) is 0.803. The van der Waals surface area contributed by atoms with Gasteiger partial charge in [-0.2, -0.15) is 4.39 Å². The normalized spacial score (nSPS) is 12.5. The first kappa shape index (κ1) is 15.5. The van der Waals surface area contributed by atoms with Gasteiger partial charge in [-0.25, -0.2) is 9.37 Å². The summed E-state index contributed by atoms with van der Waals surface area (Å²) in [6.45, 7) is 8.27. The van der Waals surface area contributed by atoms with Gasteiger partial charge in [0, 0.05) is 18.8 Å². The topological polar surface area (TPSA) is 45.2 Å². The fourth-order valence-electron chi connectivity index (χ4n) is 1.81. The molecule has 0 saturated heterocycles. The highest BCUT2D eigenvalue weighted by Gasteiger charge is 2.18. The number of pyridine rings is 1. The Hall–Kier alpha value is -1.56. The molecule has 1 rings (SSSR count). The Bertz CT molecular complexity index is 436. The smallest absolute Gasteiger partial charge is 0.254 e. The first-order chi connectivity index (χ1) is 8.99. The van der Waals surface area contributed by atoms with E-state index < -0.39 is 17.7 Å². The molecule has 1 amide bonds. The minimum atomic E-state index is -1.26. The number of hydrogen-bond donors (Lipinski definition) is 1. The van der Waals surface area contributed by atoms with Gasteiger partial charge in [0.25, 0.3) is 5.91 Å². The van der Waals surface area contributed by atoms with E-state index in [9.17, 15) is 13.6 Å². The van der Waals surface area contributed by atoms with Gasteiger partial charge in [0.2, 0.25) is 5.95 Å². The SMILES string of the molecule is CCN(CC)CC(C)NC(=O)c1ccnc(F)c1F. The minimum Gasteiger partial charge on any atom is -0.348 e. The van der Waals surface area contributed by atoms with Crippen LogP contribution in [0.25, 0.3) is 0 Å². The van der Waals surface area contributed by atoms with Crippen molar-refractivity contribution in [2.75, 3.05) is 19.6 Å². The predicted octanol–water partition coefficient (Wildman–Crippen LogP) is 1.82. The van der Waals surface area contributed by atoms with Crippen LogP contribution in [0, 0.1) is 11.8 Å². The van der Waals surface area contributed by atoms with Gasteiger partial charge in [-0.05, 0) is 26.1 Å². The van der Waals surface area contributed by atoms with Crippen LogP contribution in [0.15, 0.2) is 12.3 Å². The van der Waals surface area contributed by atoms with Gasteiger partial charge >= 0.3 is 0 Å². The van der Waals surface area contributed by atoms with Crippen LogP contribution in [0.1, 0.15) is 31.1 Å². The van der Waals surface area contributed by atoms with Crippen molar-refractivity contribution in [2.45, 2.75) is 26.8 Å². The summed E-state index contributed by atoms with van der Waals surface area (Å²) in [7, 11) is 0. The van der Waals surface area contributed by atoms with Gasteiger partial charge in [0.05, 0.1) is 5.56 Å². The minimum absolute atomic E-state index is 0.150. The molecule has 1 heterocycles. The van der Waals surface area contributed by atoms with Gasteiger partial charge < -0.3 is 10.2 Å². The van der Waals surface area contributed by atoms with Crippen molar-refractivity contribution < 1.29 is 13.6 Å². The van der Waals surface area contributed by atoms with Gasteiger partial charge in [-0.3, -0.25) is 4.79 Å². The van der Waals surface area contributed by atoms with Crippen LogP contribution in [-0.4, -0.2) is 41.5 Å². The molecule has 4 nitrogen and oxygen atoms in total. The van der Waals surface area contributed by atoms with Crippen molar-refractivity contribution in [3.8, 4) is 0 Å². The largest absolute Gasteiger partial charge is 0.348 e. The number of likely N-dealkylation sites (N-methyl/N-ethyl adjacent to an activating group) is 1. The Morgan fingerprint density at radius 2 is 2.05 bits per heavy atom. The van der Waals surface area contributed by atoms with E-state index in [0.29, 0.717) is 6.54 Å². The van der Waals surface area contributed by atoms with Gasteiger partial charge in [-0.1, -0.05) is 13.8 Å². The van der Waals surface area contributed by atoms with Crippen LogP contribution >= 0.6 is 0 Å². The number of hydrogen-bond acceptors (Lipinski definition) is 3. The first-order valence-corrected chi connectivity index (χ1v) is 6.32.